The summed E-state index contributed by atoms with van der Waals surface area (Å²) >= 11 is 0. The maximum absolute atomic E-state index is 13.4. The molecule has 36 heavy (non-hydrogen) atoms. The molecule has 0 fully saturated rings. The highest BCUT2D eigenvalue weighted by Crippen LogP contribution is 2.26. The van der Waals surface area contributed by atoms with E-state index in [1.54, 1.807) is 20.8 Å². The van der Waals surface area contributed by atoms with E-state index < -0.39 is 35.8 Å². The minimum absolute atomic E-state index is 0.0613. The van der Waals surface area contributed by atoms with E-state index in [-0.39, 0.29) is 18.4 Å². The number of ether oxygens (including phenoxy) is 3. The molecule has 196 valence electrons. The van der Waals surface area contributed by atoms with Gasteiger partial charge in [0.2, 0.25) is 6.10 Å². The maximum Gasteiger partial charge on any atom is 0.410 e. The number of likely N-dealkylation sites (N-methyl/N-ethyl adjacent to an activating group) is 1. The van der Waals surface area contributed by atoms with Crippen molar-refractivity contribution in [2.75, 3.05) is 7.05 Å². The Balaban J connectivity index is 2.24. The predicted molar refractivity (Wildman–Crippen MR) is 138 cm³/mol. The van der Waals surface area contributed by atoms with Crippen LogP contribution in [0.5, 0.6) is 0 Å². The Hall–Kier alpha value is -3.35. The van der Waals surface area contributed by atoms with Crippen molar-refractivity contribution in [2.45, 2.75) is 78.7 Å². The van der Waals surface area contributed by atoms with Crippen molar-refractivity contribution >= 4 is 18.0 Å². The molecule has 0 heterocycles. The van der Waals surface area contributed by atoms with Crippen LogP contribution in [0.15, 0.2) is 60.7 Å². The number of rotatable bonds is 9. The molecule has 1 amide bonds. The molecule has 0 N–H and O–H groups in total. The predicted octanol–water partition coefficient (Wildman–Crippen LogP) is 5.56. The Bertz CT molecular complexity index is 992. The molecule has 2 aromatic carbocycles. The number of carbonyl (C=O) groups excluding carboxylic acids is 3. The van der Waals surface area contributed by atoms with Gasteiger partial charge in [-0.2, -0.15) is 0 Å². The minimum atomic E-state index is -1.17. The van der Waals surface area contributed by atoms with Crippen LogP contribution in [0, 0.1) is 5.41 Å². The number of hydrogen-bond acceptors (Lipinski definition) is 6. The standard InChI is InChI=1S/C29H39NO6/c1-28(2,3)19-23(30(7)27(33)36-29(4,5)6)25(31)35-24(18-21-14-10-8-11-15-21)26(32)34-20-22-16-12-9-13-17-22/h8-17,23-24H,18-20H2,1-7H3/t23-,24+/m0/s1. The van der Waals surface area contributed by atoms with E-state index in [0.717, 1.165) is 11.1 Å². The number of esters is 2. The molecule has 7 heteroatoms. The number of benzene rings is 2. The van der Waals surface area contributed by atoms with Gasteiger partial charge >= 0.3 is 18.0 Å². The van der Waals surface area contributed by atoms with Crippen LogP contribution in [-0.2, 0) is 36.8 Å². The lowest BCUT2D eigenvalue weighted by atomic mass is 9.87. The molecule has 7 nitrogen and oxygen atoms in total. The van der Waals surface area contributed by atoms with Gasteiger partial charge in [0.05, 0.1) is 0 Å². The second kappa shape index (κ2) is 12.6. The first-order valence-electron chi connectivity index (χ1n) is 12.2. The molecule has 0 saturated heterocycles. The molecule has 0 aliphatic carbocycles. The molecule has 0 aliphatic heterocycles. The van der Waals surface area contributed by atoms with Gasteiger partial charge in [0, 0.05) is 13.5 Å². The smallest absolute Gasteiger partial charge is 0.410 e. The highest BCUT2D eigenvalue weighted by Gasteiger charge is 2.37. The molecule has 0 aliphatic rings. The molecule has 2 aromatic rings. The third-order valence-electron chi connectivity index (χ3n) is 5.24. The van der Waals surface area contributed by atoms with Crippen molar-refractivity contribution in [3.8, 4) is 0 Å². The van der Waals surface area contributed by atoms with Crippen molar-refractivity contribution in [1.82, 2.24) is 4.90 Å². The SMILES string of the molecule is CN(C(=O)OC(C)(C)C)[C@@H](CC(C)(C)C)C(=O)O[C@H](Cc1ccccc1)C(=O)OCc1ccccc1. The van der Waals surface area contributed by atoms with Gasteiger partial charge in [-0.05, 0) is 43.7 Å². The Morgan fingerprint density at radius 3 is 1.83 bits per heavy atom. The quantitative estimate of drug-likeness (QED) is 0.333. The van der Waals surface area contributed by atoms with Gasteiger partial charge in [0.1, 0.15) is 18.2 Å². The first-order chi connectivity index (χ1) is 16.7. The fourth-order valence-corrected chi connectivity index (χ4v) is 3.46. The van der Waals surface area contributed by atoms with E-state index >= 15 is 0 Å². The van der Waals surface area contributed by atoms with E-state index in [1.165, 1.54) is 11.9 Å². The Labute approximate surface area is 214 Å². The van der Waals surface area contributed by atoms with E-state index in [1.807, 2.05) is 81.4 Å². The summed E-state index contributed by atoms with van der Waals surface area (Å²) in [4.78, 5) is 40.5. The van der Waals surface area contributed by atoms with Gasteiger partial charge < -0.3 is 14.2 Å². The third kappa shape index (κ3) is 10.1. The lowest BCUT2D eigenvalue weighted by Crippen LogP contribution is -2.48. The van der Waals surface area contributed by atoms with Crippen LogP contribution < -0.4 is 0 Å². The van der Waals surface area contributed by atoms with Crippen LogP contribution in [0.3, 0.4) is 0 Å². The summed E-state index contributed by atoms with van der Waals surface area (Å²) in [5.41, 5.74) is 0.618. The van der Waals surface area contributed by atoms with Gasteiger partial charge in [-0.15, -0.1) is 0 Å². The van der Waals surface area contributed by atoms with Gasteiger partial charge in [-0.3, -0.25) is 4.90 Å². The molecular formula is C29H39NO6. The molecule has 0 bridgehead atoms. The summed E-state index contributed by atoms with van der Waals surface area (Å²) in [6.07, 6.45) is -1.34. The summed E-state index contributed by atoms with van der Waals surface area (Å²) < 4.78 is 16.7. The van der Waals surface area contributed by atoms with E-state index in [4.69, 9.17) is 14.2 Å². The summed E-state index contributed by atoms with van der Waals surface area (Å²) in [7, 11) is 1.51. The first-order valence-corrected chi connectivity index (χ1v) is 12.2. The van der Waals surface area contributed by atoms with Crippen molar-refractivity contribution in [3.05, 3.63) is 71.8 Å². The second-order valence-electron chi connectivity index (χ2n) is 11.1. The zero-order chi connectivity index (χ0) is 26.9. The second-order valence-corrected chi connectivity index (χ2v) is 11.1. The normalized spacial score (nSPS) is 13.3. The summed E-state index contributed by atoms with van der Waals surface area (Å²) in [6, 6.07) is 17.6. The lowest BCUT2D eigenvalue weighted by Gasteiger charge is -2.33. The summed E-state index contributed by atoms with van der Waals surface area (Å²) in [6.45, 7) is 11.2. The van der Waals surface area contributed by atoms with Crippen LogP contribution in [0.1, 0.15) is 59.1 Å². The fraction of sp³-hybridized carbons (Fsp3) is 0.483. The van der Waals surface area contributed by atoms with Gasteiger partial charge in [0.25, 0.3) is 0 Å². The van der Waals surface area contributed by atoms with Gasteiger partial charge in [0.15, 0.2) is 0 Å². The van der Waals surface area contributed by atoms with Crippen LogP contribution in [0.25, 0.3) is 0 Å². The molecule has 0 unspecified atom stereocenters. The Kier molecular flexibility index (Phi) is 10.1. The molecule has 0 spiro atoms. The molecular weight excluding hydrogens is 458 g/mol. The van der Waals surface area contributed by atoms with Crippen LogP contribution in [0.2, 0.25) is 0 Å². The molecule has 0 saturated carbocycles. The first kappa shape index (κ1) is 28.9. The average molecular weight is 498 g/mol. The van der Waals surface area contributed by atoms with Crippen molar-refractivity contribution in [1.29, 1.82) is 0 Å². The van der Waals surface area contributed by atoms with Crippen LogP contribution in [0.4, 0.5) is 4.79 Å². The fourth-order valence-electron chi connectivity index (χ4n) is 3.46. The summed E-state index contributed by atoms with van der Waals surface area (Å²) in [5, 5.41) is 0. The monoisotopic (exact) mass is 497 g/mol. The number of hydrogen-bond donors (Lipinski definition) is 0. The number of amides is 1. The minimum Gasteiger partial charge on any atom is -0.458 e. The topological polar surface area (TPSA) is 82.1 Å². The largest absolute Gasteiger partial charge is 0.458 e. The van der Waals surface area contributed by atoms with Crippen molar-refractivity contribution in [3.63, 3.8) is 0 Å². The van der Waals surface area contributed by atoms with Crippen molar-refractivity contribution < 1.29 is 28.6 Å². The zero-order valence-electron chi connectivity index (χ0n) is 22.4. The van der Waals surface area contributed by atoms with Crippen LogP contribution in [-0.4, -0.2) is 47.7 Å². The van der Waals surface area contributed by atoms with Crippen molar-refractivity contribution in [2.24, 2.45) is 5.41 Å². The van der Waals surface area contributed by atoms with Gasteiger partial charge in [-0.1, -0.05) is 81.4 Å². The van der Waals surface area contributed by atoms with E-state index in [0.29, 0.717) is 6.42 Å². The molecule has 0 radical (unpaired) electrons. The number of carbonyl (C=O) groups is 3. The molecule has 2 rings (SSSR count). The van der Waals surface area contributed by atoms with E-state index in [2.05, 4.69) is 0 Å². The molecule has 2 atom stereocenters. The molecule has 0 aromatic heterocycles. The zero-order valence-corrected chi connectivity index (χ0v) is 22.4. The van der Waals surface area contributed by atoms with Gasteiger partial charge in [-0.25, -0.2) is 14.4 Å². The highest BCUT2D eigenvalue weighted by molar-refractivity contribution is 5.85. The summed E-state index contributed by atoms with van der Waals surface area (Å²) in [5.74, 6) is -1.33. The lowest BCUT2D eigenvalue weighted by molar-refractivity contribution is -0.172. The van der Waals surface area contributed by atoms with Crippen LogP contribution >= 0.6 is 0 Å². The Morgan fingerprint density at radius 1 is 0.806 bits per heavy atom. The van der Waals surface area contributed by atoms with E-state index in [9.17, 15) is 14.4 Å². The highest BCUT2D eigenvalue weighted by atomic mass is 16.6. The maximum atomic E-state index is 13.4. The average Bonchev–Trinajstić information content (AvgIpc) is 2.79. The third-order valence-corrected chi connectivity index (χ3v) is 5.24. The number of nitrogens with zero attached hydrogens (tertiary/aromatic N) is 1. The Morgan fingerprint density at radius 2 is 1.33 bits per heavy atom.